The van der Waals surface area contributed by atoms with E-state index >= 15 is 0 Å². The van der Waals surface area contributed by atoms with Gasteiger partial charge in [0.15, 0.2) is 0 Å². The second-order valence-electron chi connectivity index (χ2n) is 5.14. The molecule has 104 valence electrons. The number of rotatable bonds is 5. The molecule has 0 unspecified atom stereocenters. The number of nitrogens with one attached hydrogen (secondary N) is 2. The van der Waals surface area contributed by atoms with Crippen LogP contribution in [0.15, 0.2) is 30.3 Å². The van der Waals surface area contributed by atoms with Crippen LogP contribution in [0.5, 0.6) is 0 Å². The van der Waals surface area contributed by atoms with Crippen molar-refractivity contribution in [3.8, 4) is 0 Å². The molecule has 2 N–H and O–H groups in total. The average Bonchev–Trinajstić information content (AvgIpc) is 2.41. The molecule has 4 nitrogen and oxygen atoms in total. The van der Waals surface area contributed by atoms with E-state index in [2.05, 4.69) is 22.9 Å². The summed E-state index contributed by atoms with van der Waals surface area (Å²) in [6.07, 6.45) is 4.12. The Morgan fingerprint density at radius 3 is 2.42 bits per heavy atom. The Labute approximate surface area is 114 Å². The topological polar surface area (TPSA) is 50.4 Å². The number of benzene rings is 1. The molecule has 19 heavy (non-hydrogen) atoms. The molecule has 0 aromatic heterocycles. The molecule has 0 radical (unpaired) electrons. The maximum Gasteiger partial charge on any atom is 0.217 e. The summed E-state index contributed by atoms with van der Waals surface area (Å²) in [4.78, 5) is 16.5. The second kappa shape index (κ2) is 7.26. The lowest BCUT2D eigenvalue weighted by Crippen LogP contribution is -2.41. The SMILES string of the molecule is CC(=O)NC1CCC(NOCc2ccccc2)CC1. The highest BCUT2D eigenvalue weighted by molar-refractivity contribution is 5.73. The number of hydrogen-bond donors (Lipinski definition) is 2. The minimum absolute atomic E-state index is 0.0664. The van der Waals surface area contributed by atoms with Crippen LogP contribution >= 0.6 is 0 Å². The summed E-state index contributed by atoms with van der Waals surface area (Å²) in [6, 6.07) is 10.9. The van der Waals surface area contributed by atoms with Crippen LogP contribution in [0.4, 0.5) is 0 Å². The van der Waals surface area contributed by atoms with E-state index in [4.69, 9.17) is 4.84 Å². The van der Waals surface area contributed by atoms with Gasteiger partial charge in [0.2, 0.25) is 5.91 Å². The molecule has 1 aromatic carbocycles. The first kappa shape index (κ1) is 14.0. The summed E-state index contributed by atoms with van der Waals surface area (Å²) in [7, 11) is 0. The van der Waals surface area contributed by atoms with Crippen LogP contribution in [0.1, 0.15) is 38.2 Å². The fourth-order valence-corrected chi connectivity index (χ4v) is 2.46. The van der Waals surface area contributed by atoms with E-state index in [-0.39, 0.29) is 5.91 Å². The molecule has 2 rings (SSSR count). The molecule has 1 saturated carbocycles. The standard InChI is InChI=1S/C15H22N2O2/c1-12(18)16-14-7-9-15(10-8-14)17-19-11-13-5-3-2-4-6-13/h2-6,14-15,17H,7-11H2,1H3,(H,16,18). The summed E-state index contributed by atoms with van der Waals surface area (Å²) in [5.41, 5.74) is 4.30. The molecule has 1 aliphatic rings. The molecular formula is C15H22N2O2. The minimum atomic E-state index is 0.0664. The summed E-state index contributed by atoms with van der Waals surface area (Å²) in [6.45, 7) is 2.17. The van der Waals surface area contributed by atoms with Gasteiger partial charge in [-0.05, 0) is 31.2 Å². The predicted octanol–water partition coefficient (Wildman–Crippen LogP) is 2.16. The second-order valence-corrected chi connectivity index (χ2v) is 5.14. The zero-order chi connectivity index (χ0) is 13.5. The highest BCUT2D eigenvalue weighted by Crippen LogP contribution is 2.18. The van der Waals surface area contributed by atoms with E-state index in [0.29, 0.717) is 18.7 Å². The fourth-order valence-electron chi connectivity index (χ4n) is 2.46. The molecule has 1 aliphatic carbocycles. The Balaban J connectivity index is 1.62. The predicted molar refractivity (Wildman–Crippen MR) is 74.2 cm³/mol. The molecule has 4 heteroatoms. The van der Waals surface area contributed by atoms with Crippen molar-refractivity contribution in [2.75, 3.05) is 0 Å². The van der Waals surface area contributed by atoms with E-state index in [1.807, 2.05) is 18.2 Å². The summed E-state index contributed by atoms with van der Waals surface area (Å²) in [5, 5.41) is 2.98. The van der Waals surface area contributed by atoms with Gasteiger partial charge in [-0.25, -0.2) is 0 Å². The quantitative estimate of drug-likeness (QED) is 0.799. The monoisotopic (exact) mass is 262 g/mol. The van der Waals surface area contributed by atoms with Crippen molar-refractivity contribution in [1.29, 1.82) is 0 Å². The molecule has 0 saturated heterocycles. The Bertz CT molecular complexity index is 386. The number of hydrogen-bond acceptors (Lipinski definition) is 3. The van der Waals surface area contributed by atoms with Crippen molar-refractivity contribution in [3.63, 3.8) is 0 Å². The third-order valence-corrected chi connectivity index (χ3v) is 3.47. The number of hydroxylamine groups is 1. The first-order valence-electron chi connectivity index (χ1n) is 6.92. The molecule has 0 bridgehead atoms. The van der Waals surface area contributed by atoms with Crippen LogP contribution in [0.3, 0.4) is 0 Å². The molecule has 0 spiro atoms. The zero-order valence-electron chi connectivity index (χ0n) is 11.4. The van der Waals surface area contributed by atoms with Crippen LogP contribution < -0.4 is 10.8 Å². The van der Waals surface area contributed by atoms with Crippen LogP contribution in [-0.4, -0.2) is 18.0 Å². The van der Waals surface area contributed by atoms with E-state index in [9.17, 15) is 4.79 Å². The highest BCUT2D eigenvalue weighted by atomic mass is 16.6. The first-order chi connectivity index (χ1) is 9.24. The van der Waals surface area contributed by atoms with Gasteiger partial charge in [0.1, 0.15) is 0 Å². The Morgan fingerprint density at radius 2 is 1.79 bits per heavy atom. The van der Waals surface area contributed by atoms with Gasteiger partial charge in [0.05, 0.1) is 6.61 Å². The molecule has 1 fully saturated rings. The van der Waals surface area contributed by atoms with Gasteiger partial charge in [0.25, 0.3) is 0 Å². The van der Waals surface area contributed by atoms with Gasteiger partial charge in [-0.15, -0.1) is 0 Å². The van der Waals surface area contributed by atoms with Crippen LogP contribution in [0, 0.1) is 0 Å². The molecule has 0 atom stereocenters. The lowest BCUT2D eigenvalue weighted by atomic mass is 9.92. The van der Waals surface area contributed by atoms with Crippen molar-refractivity contribution in [2.45, 2.75) is 51.3 Å². The van der Waals surface area contributed by atoms with Crippen molar-refractivity contribution < 1.29 is 9.63 Å². The molecule has 0 heterocycles. The van der Waals surface area contributed by atoms with Crippen LogP contribution in [0.25, 0.3) is 0 Å². The molecule has 1 amide bonds. The molecular weight excluding hydrogens is 240 g/mol. The van der Waals surface area contributed by atoms with Crippen molar-refractivity contribution in [1.82, 2.24) is 10.8 Å². The van der Waals surface area contributed by atoms with Crippen molar-refractivity contribution >= 4 is 5.91 Å². The summed E-state index contributed by atoms with van der Waals surface area (Å²) < 4.78 is 0. The maximum absolute atomic E-state index is 11.0. The van der Waals surface area contributed by atoms with Gasteiger partial charge < -0.3 is 5.32 Å². The van der Waals surface area contributed by atoms with Gasteiger partial charge in [-0.1, -0.05) is 30.3 Å². The van der Waals surface area contributed by atoms with E-state index in [1.54, 1.807) is 6.92 Å². The Morgan fingerprint density at radius 1 is 1.16 bits per heavy atom. The zero-order valence-corrected chi connectivity index (χ0v) is 11.4. The number of carbonyl (C=O) groups excluding carboxylic acids is 1. The summed E-state index contributed by atoms with van der Waals surface area (Å²) in [5.74, 6) is 0.0664. The van der Waals surface area contributed by atoms with Gasteiger partial charge in [0, 0.05) is 19.0 Å². The van der Waals surface area contributed by atoms with Gasteiger partial charge in [-0.2, -0.15) is 5.48 Å². The first-order valence-corrected chi connectivity index (χ1v) is 6.92. The third kappa shape index (κ3) is 5.01. The van der Waals surface area contributed by atoms with Gasteiger partial charge in [-0.3, -0.25) is 9.63 Å². The molecule has 1 aromatic rings. The van der Waals surface area contributed by atoms with E-state index in [1.165, 1.54) is 5.56 Å². The van der Waals surface area contributed by atoms with Crippen LogP contribution in [0.2, 0.25) is 0 Å². The lowest BCUT2D eigenvalue weighted by molar-refractivity contribution is -0.120. The number of amides is 1. The Hall–Kier alpha value is -1.39. The van der Waals surface area contributed by atoms with Crippen molar-refractivity contribution in [2.24, 2.45) is 0 Å². The van der Waals surface area contributed by atoms with E-state index in [0.717, 1.165) is 25.7 Å². The van der Waals surface area contributed by atoms with Crippen molar-refractivity contribution in [3.05, 3.63) is 35.9 Å². The number of carbonyl (C=O) groups is 1. The molecule has 0 aliphatic heterocycles. The lowest BCUT2D eigenvalue weighted by Gasteiger charge is -2.29. The summed E-state index contributed by atoms with van der Waals surface area (Å²) >= 11 is 0. The van der Waals surface area contributed by atoms with Gasteiger partial charge >= 0.3 is 0 Å². The van der Waals surface area contributed by atoms with Crippen LogP contribution in [-0.2, 0) is 16.2 Å². The highest BCUT2D eigenvalue weighted by Gasteiger charge is 2.21. The largest absolute Gasteiger partial charge is 0.354 e. The normalized spacial score (nSPS) is 23.0. The average molecular weight is 262 g/mol. The maximum atomic E-state index is 11.0. The minimum Gasteiger partial charge on any atom is -0.354 e. The third-order valence-electron chi connectivity index (χ3n) is 3.47. The Kier molecular flexibility index (Phi) is 5.36. The smallest absolute Gasteiger partial charge is 0.217 e. The fraction of sp³-hybridized carbons (Fsp3) is 0.533. The van der Waals surface area contributed by atoms with E-state index < -0.39 is 0 Å².